The maximum Gasteiger partial charge on any atom is 0.339 e. The summed E-state index contributed by atoms with van der Waals surface area (Å²) < 4.78 is 65.8. The minimum atomic E-state index is -4.81. The summed E-state index contributed by atoms with van der Waals surface area (Å²) >= 11 is 0. The van der Waals surface area contributed by atoms with Gasteiger partial charge in [-0.05, 0) is 36.4 Å². The first kappa shape index (κ1) is 32.6. The number of benzene rings is 3. The minimum absolute atomic E-state index is 0. The van der Waals surface area contributed by atoms with Crippen LogP contribution in [0, 0.1) is 0 Å². The van der Waals surface area contributed by atoms with Crippen LogP contribution in [0.1, 0.15) is 10.4 Å². The maximum atomic E-state index is 11.8. The van der Waals surface area contributed by atoms with Gasteiger partial charge in [-0.25, -0.2) is 4.79 Å². The number of hydrogen-bond donors (Lipinski definition) is 4. The Balaban J connectivity index is 0.00000341. The normalized spacial score (nSPS) is 11.3. The van der Waals surface area contributed by atoms with Gasteiger partial charge < -0.3 is 10.2 Å². The van der Waals surface area contributed by atoms with E-state index in [2.05, 4.69) is 10.2 Å². The van der Waals surface area contributed by atoms with Gasteiger partial charge in [0.1, 0.15) is 21.1 Å². The molecular weight excluding hydrogens is 509 g/mol. The molecule has 4 N–H and O–H groups in total. The molecule has 0 unspecified atom stereocenters. The molecule has 33 heavy (non-hydrogen) atoms. The van der Waals surface area contributed by atoms with Crippen molar-refractivity contribution < 1.29 is 40.9 Å². The van der Waals surface area contributed by atoms with Crippen molar-refractivity contribution in [1.29, 1.82) is 0 Å². The van der Waals surface area contributed by atoms with Crippen LogP contribution in [0.25, 0.3) is 10.8 Å². The number of aromatic hydroxyl groups is 1. The van der Waals surface area contributed by atoms with Crippen molar-refractivity contribution >= 4 is 137 Å². The van der Waals surface area contributed by atoms with E-state index in [0.29, 0.717) is 0 Å². The minimum Gasteiger partial charge on any atom is -0.507 e. The second kappa shape index (κ2) is 12.5. The second-order valence-electron chi connectivity index (χ2n) is 5.95. The Labute approximate surface area is 254 Å². The summed E-state index contributed by atoms with van der Waals surface area (Å²) in [5, 5.41) is 25.6. The molecule has 159 valence electrons. The molecule has 0 heterocycles. The number of carboxylic acids is 1. The molecule has 16 heteroatoms. The van der Waals surface area contributed by atoms with Crippen molar-refractivity contribution in [1.82, 2.24) is 0 Å². The van der Waals surface area contributed by atoms with E-state index in [1.807, 2.05) is 0 Å². The molecule has 3 radical (unpaired) electrons. The Kier molecular flexibility index (Phi) is 12.4. The number of aromatic carboxylic acids is 1. The van der Waals surface area contributed by atoms with Crippen LogP contribution in [0.4, 0.5) is 11.4 Å². The monoisotopic (exact) mass is 521 g/mol. The number of carbonyl (C=O) groups is 1. The van der Waals surface area contributed by atoms with E-state index in [0.717, 1.165) is 30.3 Å². The third-order valence-corrected chi connectivity index (χ3v) is 5.76. The standard InChI is InChI=1S/C17H12N2O9S2.3Na/c20-14-5-4-9(6-13(14)17(21)22)18-19-10-7-12-11(16(8-10)30(26,27)28)2-1-3-15(12)29(23,24)25;;;/h1-8,20H,(H,21,22)(H,23,24,25)(H,26,27,28);;;. The van der Waals surface area contributed by atoms with Gasteiger partial charge in [-0.2, -0.15) is 27.1 Å². The van der Waals surface area contributed by atoms with Crippen molar-refractivity contribution in [3.63, 3.8) is 0 Å². The van der Waals surface area contributed by atoms with Gasteiger partial charge in [0.2, 0.25) is 0 Å². The van der Waals surface area contributed by atoms with Crippen molar-refractivity contribution in [3.05, 3.63) is 54.1 Å². The summed E-state index contributed by atoms with van der Waals surface area (Å²) in [6.07, 6.45) is 0. The van der Waals surface area contributed by atoms with Gasteiger partial charge in [0, 0.05) is 99.4 Å². The molecule has 0 amide bonds. The Morgan fingerprint density at radius 2 is 1.30 bits per heavy atom. The van der Waals surface area contributed by atoms with Crippen molar-refractivity contribution in [2.24, 2.45) is 10.2 Å². The van der Waals surface area contributed by atoms with Crippen LogP contribution in [0.3, 0.4) is 0 Å². The summed E-state index contributed by atoms with van der Waals surface area (Å²) in [5.74, 6) is -1.92. The molecule has 0 aliphatic heterocycles. The number of fused-ring (bicyclic) bond motifs is 1. The van der Waals surface area contributed by atoms with Gasteiger partial charge in [-0.3, -0.25) is 9.11 Å². The van der Waals surface area contributed by atoms with Gasteiger partial charge in [-0.15, -0.1) is 0 Å². The number of carboxylic acid groups (broad SMARTS) is 1. The SMILES string of the molecule is O=C(O)c1cc(N=Nc2cc(S(=O)(=O)O)c3cccc(S(=O)(=O)O)c3c2)ccc1O.[Na].[Na].[Na]. The third-order valence-electron chi connectivity index (χ3n) is 3.95. The predicted molar refractivity (Wildman–Crippen MR) is 120 cm³/mol. The molecule has 0 spiro atoms. The maximum absolute atomic E-state index is 11.8. The fourth-order valence-electron chi connectivity index (χ4n) is 2.68. The summed E-state index contributed by atoms with van der Waals surface area (Å²) in [5.41, 5.74) is -0.671. The van der Waals surface area contributed by atoms with Crippen molar-refractivity contribution in [2.75, 3.05) is 0 Å². The largest absolute Gasteiger partial charge is 0.507 e. The quantitative estimate of drug-likeness (QED) is 0.221. The first-order valence-electron chi connectivity index (χ1n) is 7.88. The third kappa shape index (κ3) is 7.80. The van der Waals surface area contributed by atoms with Gasteiger partial charge in [-0.1, -0.05) is 12.1 Å². The predicted octanol–water partition coefficient (Wildman–Crippen LogP) is 2.01. The zero-order chi connectivity index (χ0) is 22.3. The van der Waals surface area contributed by atoms with Crippen LogP contribution in [0.15, 0.2) is 68.6 Å². The zero-order valence-corrected chi connectivity index (χ0v) is 25.3. The van der Waals surface area contributed by atoms with Gasteiger partial charge in [0.05, 0.1) is 11.4 Å². The van der Waals surface area contributed by atoms with E-state index in [1.54, 1.807) is 0 Å². The van der Waals surface area contributed by atoms with E-state index in [-0.39, 0.29) is 111 Å². The average molecular weight is 521 g/mol. The zero-order valence-electron chi connectivity index (χ0n) is 17.7. The van der Waals surface area contributed by atoms with Crippen LogP contribution >= 0.6 is 0 Å². The van der Waals surface area contributed by atoms with E-state index in [4.69, 9.17) is 5.11 Å². The summed E-state index contributed by atoms with van der Waals surface area (Å²) in [4.78, 5) is 9.79. The number of nitrogens with zero attached hydrogens (tertiary/aromatic N) is 2. The second-order valence-corrected chi connectivity index (χ2v) is 8.73. The van der Waals surface area contributed by atoms with E-state index < -0.39 is 47.3 Å². The molecule has 0 aliphatic rings. The van der Waals surface area contributed by atoms with Crippen molar-refractivity contribution in [2.45, 2.75) is 9.79 Å². The summed E-state index contributed by atoms with van der Waals surface area (Å²) in [6, 6.07) is 8.81. The van der Waals surface area contributed by atoms with Crippen LogP contribution in [0.5, 0.6) is 5.75 Å². The Morgan fingerprint density at radius 3 is 1.85 bits per heavy atom. The molecule has 11 nitrogen and oxygen atoms in total. The fourth-order valence-corrected chi connectivity index (χ4v) is 4.10. The van der Waals surface area contributed by atoms with Crippen LogP contribution in [-0.4, -0.2) is 131 Å². The number of azo groups is 1. The molecule has 0 aliphatic carbocycles. The summed E-state index contributed by atoms with van der Waals surface area (Å²) in [7, 11) is -9.55. The molecular formula is C17H12N2Na3O9S2. The molecule has 0 atom stereocenters. The molecule has 0 aromatic heterocycles. The molecule has 0 bridgehead atoms. The van der Waals surface area contributed by atoms with E-state index in [9.17, 15) is 35.8 Å². The number of hydrogen-bond acceptors (Lipinski definition) is 8. The first-order chi connectivity index (χ1) is 13.9. The van der Waals surface area contributed by atoms with Gasteiger partial charge in [0.25, 0.3) is 20.2 Å². The van der Waals surface area contributed by atoms with Gasteiger partial charge in [0.15, 0.2) is 0 Å². The fraction of sp³-hybridized carbons (Fsp3) is 0. The molecule has 3 rings (SSSR count). The average Bonchev–Trinajstić information content (AvgIpc) is 2.64. The van der Waals surface area contributed by atoms with Gasteiger partial charge >= 0.3 is 5.97 Å². The van der Waals surface area contributed by atoms with E-state index in [1.165, 1.54) is 18.2 Å². The van der Waals surface area contributed by atoms with Crippen LogP contribution in [-0.2, 0) is 20.2 Å². The van der Waals surface area contributed by atoms with Crippen LogP contribution < -0.4 is 0 Å². The number of phenols is 1. The van der Waals surface area contributed by atoms with Crippen LogP contribution in [0.2, 0.25) is 0 Å². The number of rotatable bonds is 5. The Bertz CT molecular complexity index is 1440. The molecule has 0 saturated heterocycles. The van der Waals surface area contributed by atoms with Crippen molar-refractivity contribution in [3.8, 4) is 5.75 Å². The van der Waals surface area contributed by atoms with E-state index >= 15 is 0 Å². The summed E-state index contributed by atoms with van der Waals surface area (Å²) in [6.45, 7) is 0. The molecule has 0 saturated carbocycles. The molecule has 3 aromatic carbocycles. The molecule has 3 aromatic rings. The first-order valence-corrected chi connectivity index (χ1v) is 10.8. The molecule has 0 fully saturated rings. The smallest absolute Gasteiger partial charge is 0.339 e. The Morgan fingerprint density at radius 1 is 0.727 bits per heavy atom. The topological polar surface area (TPSA) is 191 Å². The Hall–Kier alpha value is -0.390.